The largest absolute Gasteiger partial charge is 0.504 e. The first-order chi connectivity index (χ1) is 13.0. The van der Waals surface area contributed by atoms with Crippen LogP contribution in [0.2, 0.25) is 0 Å². The molecular formula is C18H20N4O4S. The van der Waals surface area contributed by atoms with Gasteiger partial charge < -0.3 is 14.6 Å². The number of aromatic nitrogens is 2. The van der Waals surface area contributed by atoms with Crippen molar-refractivity contribution in [3.8, 4) is 17.6 Å². The fraction of sp³-hybridized carbons (Fsp3) is 0.333. The number of carbonyl (C=O) groups is 1. The van der Waals surface area contributed by atoms with Crippen molar-refractivity contribution in [3.63, 3.8) is 0 Å². The van der Waals surface area contributed by atoms with Crippen LogP contribution in [0, 0.1) is 11.3 Å². The van der Waals surface area contributed by atoms with Gasteiger partial charge in [0.05, 0.1) is 20.3 Å². The molecule has 9 heteroatoms. The lowest BCUT2D eigenvalue weighted by atomic mass is 10.1. The number of aryl methyl sites for hydroxylation is 1. The van der Waals surface area contributed by atoms with Gasteiger partial charge in [0.25, 0.3) is 5.91 Å². The van der Waals surface area contributed by atoms with Crippen molar-refractivity contribution in [1.29, 1.82) is 5.26 Å². The van der Waals surface area contributed by atoms with Gasteiger partial charge >= 0.3 is 0 Å². The summed E-state index contributed by atoms with van der Waals surface area (Å²) in [5, 5.41) is 24.2. The van der Waals surface area contributed by atoms with Crippen LogP contribution in [0.3, 0.4) is 0 Å². The lowest BCUT2D eigenvalue weighted by molar-refractivity contribution is -0.114. The smallest absolute Gasteiger partial charge is 0.290 e. The Balaban J connectivity index is 2.39. The predicted molar refractivity (Wildman–Crippen MR) is 100 cm³/mol. The molecule has 0 unspecified atom stereocenters. The van der Waals surface area contributed by atoms with E-state index in [1.54, 1.807) is 17.9 Å². The maximum absolute atomic E-state index is 12.5. The molecule has 1 amide bonds. The fourth-order valence-corrected chi connectivity index (χ4v) is 3.00. The molecule has 0 aliphatic rings. The number of phenols is 1. The van der Waals surface area contributed by atoms with Crippen LogP contribution in [0.5, 0.6) is 11.5 Å². The molecule has 0 saturated heterocycles. The zero-order valence-electron chi connectivity index (χ0n) is 15.3. The summed E-state index contributed by atoms with van der Waals surface area (Å²) in [5.74, 6) is -0.444. The van der Waals surface area contributed by atoms with E-state index in [9.17, 15) is 15.2 Å². The Morgan fingerprint density at radius 2 is 2.26 bits per heavy atom. The van der Waals surface area contributed by atoms with Crippen molar-refractivity contribution in [2.45, 2.75) is 19.9 Å². The van der Waals surface area contributed by atoms with Crippen LogP contribution in [0.15, 0.2) is 28.8 Å². The first-order valence-corrected chi connectivity index (χ1v) is 8.97. The molecule has 0 aliphatic heterocycles. The Kier molecular flexibility index (Phi) is 7.28. The van der Waals surface area contributed by atoms with E-state index < -0.39 is 5.91 Å². The molecule has 1 aromatic carbocycles. The number of phenolic OH excluding ortho intramolecular Hbond substituents is 1. The van der Waals surface area contributed by atoms with Gasteiger partial charge in [-0.05, 0) is 30.2 Å². The van der Waals surface area contributed by atoms with Crippen molar-refractivity contribution in [2.24, 2.45) is 4.99 Å². The number of nitrogens with zero attached hydrogens (tertiary/aromatic N) is 4. The lowest BCUT2D eigenvalue weighted by Gasteiger charge is -2.04. The highest BCUT2D eigenvalue weighted by molar-refractivity contribution is 7.08. The van der Waals surface area contributed by atoms with Gasteiger partial charge in [0.15, 0.2) is 11.5 Å². The van der Waals surface area contributed by atoms with Crippen molar-refractivity contribution in [3.05, 3.63) is 39.1 Å². The quantitative estimate of drug-likeness (QED) is 0.573. The number of hydrogen-bond donors (Lipinski definition) is 1. The van der Waals surface area contributed by atoms with E-state index in [1.807, 2.05) is 13.0 Å². The molecule has 0 fully saturated rings. The fourth-order valence-electron chi connectivity index (χ4n) is 2.14. The second-order valence-electron chi connectivity index (χ2n) is 5.37. The van der Waals surface area contributed by atoms with Crippen LogP contribution < -0.4 is 9.54 Å². The lowest BCUT2D eigenvalue weighted by Crippen LogP contribution is -2.21. The average molecular weight is 388 g/mol. The third-order valence-corrected chi connectivity index (χ3v) is 4.63. The van der Waals surface area contributed by atoms with E-state index in [-0.39, 0.29) is 17.1 Å². The Bertz CT molecular complexity index is 953. The number of ether oxygens (including phenoxy) is 2. The normalized spacial score (nSPS) is 12.1. The molecule has 0 aliphatic carbocycles. The zero-order chi connectivity index (χ0) is 19.8. The molecule has 2 rings (SSSR count). The minimum atomic E-state index is -0.665. The minimum absolute atomic E-state index is 0.0277. The van der Waals surface area contributed by atoms with E-state index >= 15 is 0 Å². The van der Waals surface area contributed by atoms with Crippen molar-refractivity contribution >= 4 is 23.3 Å². The molecule has 27 heavy (non-hydrogen) atoms. The summed E-state index contributed by atoms with van der Waals surface area (Å²) in [6.45, 7) is 2.85. The van der Waals surface area contributed by atoms with E-state index in [2.05, 4.69) is 10.1 Å². The molecule has 8 nitrogen and oxygen atoms in total. The first kappa shape index (κ1) is 20.4. The monoisotopic (exact) mass is 388 g/mol. The number of rotatable bonds is 7. The van der Waals surface area contributed by atoms with Crippen LogP contribution in [0.25, 0.3) is 6.08 Å². The third kappa shape index (κ3) is 5.26. The third-order valence-electron chi connectivity index (χ3n) is 3.53. The van der Waals surface area contributed by atoms with Gasteiger partial charge in [-0.1, -0.05) is 24.3 Å². The second kappa shape index (κ2) is 9.66. The Morgan fingerprint density at radius 1 is 1.48 bits per heavy atom. The van der Waals surface area contributed by atoms with Crippen molar-refractivity contribution < 1.29 is 19.4 Å². The molecule has 2 aromatic rings. The molecule has 0 spiro atoms. The van der Waals surface area contributed by atoms with Gasteiger partial charge in [-0.3, -0.25) is 4.79 Å². The van der Waals surface area contributed by atoms with Crippen LogP contribution in [-0.2, 0) is 22.5 Å². The van der Waals surface area contributed by atoms with Gasteiger partial charge in [0.1, 0.15) is 16.6 Å². The average Bonchev–Trinajstić information content (AvgIpc) is 3.07. The molecule has 0 atom stereocenters. The number of carbonyl (C=O) groups excluding carboxylic acids is 1. The van der Waals surface area contributed by atoms with Crippen molar-refractivity contribution in [1.82, 2.24) is 9.78 Å². The Labute approximate surface area is 160 Å². The summed E-state index contributed by atoms with van der Waals surface area (Å²) in [6.07, 6.45) is 2.12. The Morgan fingerprint density at radius 3 is 2.89 bits per heavy atom. The standard InChI is InChI=1S/C18H20N4O4S/c1-4-16-21-22(7-8-25-2)18(27-16)20-17(24)13(11-19)9-12-5-6-14(23)15(10-12)26-3/h5-6,9-10,23H,4,7-8H2,1-3H3/b13-9+,20-18?. The number of methoxy groups -OCH3 is 2. The number of benzene rings is 1. The maximum Gasteiger partial charge on any atom is 0.290 e. The molecule has 1 N–H and O–H groups in total. The van der Waals surface area contributed by atoms with Gasteiger partial charge in [0.2, 0.25) is 4.80 Å². The van der Waals surface area contributed by atoms with Crippen LogP contribution in [-0.4, -0.2) is 41.6 Å². The van der Waals surface area contributed by atoms with Gasteiger partial charge in [-0.2, -0.15) is 15.4 Å². The van der Waals surface area contributed by atoms with E-state index in [0.717, 1.165) is 11.4 Å². The van der Waals surface area contributed by atoms with Gasteiger partial charge in [0, 0.05) is 7.11 Å². The van der Waals surface area contributed by atoms with E-state index in [1.165, 1.54) is 36.7 Å². The van der Waals surface area contributed by atoms with Gasteiger partial charge in [-0.15, -0.1) is 0 Å². The predicted octanol–water partition coefficient (Wildman–Crippen LogP) is 1.90. The first-order valence-electron chi connectivity index (χ1n) is 8.16. The summed E-state index contributed by atoms with van der Waals surface area (Å²) in [7, 11) is 3.00. The number of nitriles is 1. The number of aromatic hydroxyl groups is 1. The molecular weight excluding hydrogens is 368 g/mol. The highest BCUT2D eigenvalue weighted by Crippen LogP contribution is 2.27. The second-order valence-corrected chi connectivity index (χ2v) is 6.41. The highest BCUT2D eigenvalue weighted by atomic mass is 32.1. The van der Waals surface area contributed by atoms with E-state index in [0.29, 0.717) is 23.5 Å². The van der Waals surface area contributed by atoms with E-state index in [4.69, 9.17) is 9.47 Å². The molecule has 0 saturated carbocycles. The summed E-state index contributed by atoms with van der Waals surface area (Å²) in [6, 6.07) is 6.40. The molecule has 0 bridgehead atoms. The zero-order valence-corrected chi connectivity index (χ0v) is 16.1. The van der Waals surface area contributed by atoms with Crippen LogP contribution >= 0.6 is 11.3 Å². The number of hydrogen-bond acceptors (Lipinski definition) is 7. The highest BCUT2D eigenvalue weighted by Gasteiger charge is 2.11. The number of amides is 1. The summed E-state index contributed by atoms with van der Waals surface area (Å²) < 4.78 is 11.7. The van der Waals surface area contributed by atoms with Crippen LogP contribution in [0.4, 0.5) is 0 Å². The van der Waals surface area contributed by atoms with Crippen molar-refractivity contribution in [2.75, 3.05) is 20.8 Å². The maximum atomic E-state index is 12.5. The molecule has 0 radical (unpaired) electrons. The summed E-state index contributed by atoms with van der Waals surface area (Å²) in [5.41, 5.74) is 0.406. The molecule has 142 valence electrons. The summed E-state index contributed by atoms with van der Waals surface area (Å²) >= 11 is 1.30. The van der Waals surface area contributed by atoms with Crippen LogP contribution in [0.1, 0.15) is 17.5 Å². The summed E-state index contributed by atoms with van der Waals surface area (Å²) in [4.78, 5) is 17.0. The SMILES string of the molecule is CCc1nn(CCOC)c(=NC(=O)/C(C#N)=C/c2ccc(O)c(OC)c2)s1. The van der Waals surface area contributed by atoms with Gasteiger partial charge in [-0.25, -0.2) is 4.68 Å². The minimum Gasteiger partial charge on any atom is -0.504 e. The molecule has 1 heterocycles. The Hall–Kier alpha value is -2.96. The topological polar surface area (TPSA) is 110 Å². The molecule has 1 aromatic heterocycles.